The second-order valence-electron chi connectivity index (χ2n) is 2.47. The van der Waals surface area contributed by atoms with Crippen molar-refractivity contribution in [2.45, 2.75) is 11.3 Å². The van der Waals surface area contributed by atoms with Gasteiger partial charge in [0.2, 0.25) is 0 Å². The largest absolute Gasteiger partial charge is 0.207 e. The van der Waals surface area contributed by atoms with E-state index in [4.69, 9.17) is 11.6 Å². The summed E-state index contributed by atoms with van der Waals surface area (Å²) in [5.74, 6) is 0.278. The van der Waals surface area contributed by atoms with E-state index in [9.17, 15) is 8.78 Å². The Kier molecular flexibility index (Phi) is 4.53. The van der Waals surface area contributed by atoms with Crippen LogP contribution < -0.4 is 0 Å². The Morgan fingerprint density at radius 2 is 2.08 bits per heavy atom. The quantitative estimate of drug-likeness (QED) is 0.425. The van der Waals surface area contributed by atoms with Gasteiger partial charge in [-0.05, 0) is 24.3 Å². The van der Waals surface area contributed by atoms with Gasteiger partial charge in [-0.15, -0.1) is 23.4 Å². The molecule has 0 nitrogen and oxygen atoms in total. The van der Waals surface area contributed by atoms with E-state index in [1.165, 1.54) is 23.9 Å². The lowest BCUT2D eigenvalue weighted by molar-refractivity contribution is 0.565. The zero-order valence-electron chi connectivity index (χ0n) is 6.90. The molecule has 1 aromatic carbocycles. The highest BCUT2D eigenvalue weighted by molar-refractivity contribution is 7.99. The highest BCUT2D eigenvalue weighted by Crippen LogP contribution is 2.22. The van der Waals surface area contributed by atoms with Gasteiger partial charge in [-0.3, -0.25) is 0 Å². The molecule has 0 atom stereocenters. The molecule has 0 bridgehead atoms. The minimum absolute atomic E-state index is 0.478. The van der Waals surface area contributed by atoms with E-state index in [0.29, 0.717) is 10.8 Å². The van der Waals surface area contributed by atoms with Gasteiger partial charge in [0.15, 0.2) is 0 Å². The van der Waals surface area contributed by atoms with Gasteiger partial charge in [-0.25, -0.2) is 8.78 Å². The van der Waals surface area contributed by atoms with Crippen LogP contribution in [0.3, 0.4) is 0 Å². The van der Waals surface area contributed by atoms with Crippen LogP contribution in [0.5, 0.6) is 0 Å². The van der Waals surface area contributed by atoms with E-state index in [1.54, 1.807) is 0 Å². The molecule has 0 N–H and O–H groups in total. The Hall–Kier alpha value is -0.280. The molecule has 13 heavy (non-hydrogen) atoms. The average molecular weight is 223 g/mol. The Morgan fingerprint density at radius 3 is 2.69 bits per heavy atom. The summed E-state index contributed by atoms with van der Waals surface area (Å²) in [5, 5.41) is 0. The molecule has 0 unspecified atom stereocenters. The first kappa shape index (κ1) is 10.8. The van der Waals surface area contributed by atoms with Crippen molar-refractivity contribution in [3.05, 3.63) is 29.8 Å². The number of hydrogen-bond acceptors (Lipinski definition) is 1. The minimum Gasteiger partial charge on any atom is -0.207 e. The Balaban J connectivity index is 2.56. The van der Waals surface area contributed by atoms with Crippen molar-refractivity contribution < 1.29 is 8.78 Å². The fourth-order valence-electron chi connectivity index (χ4n) is 0.829. The lowest BCUT2D eigenvalue weighted by atomic mass is 10.3. The summed E-state index contributed by atoms with van der Waals surface area (Å²) >= 11 is 6.82. The number of benzene rings is 1. The number of rotatable bonds is 4. The molecule has 0 saturated carbocycles. The number of halogens is 3. The Morgan fingerprint density at radius 1 is 1.31 bits per heavy atom. The maximum Gasteiger partial charge on any atom is 0.139 e. The molecule has 0 heterocycles. The van der Waals surface area contributed by atoms with E-state index in [-0.39, 0.29) is 0 Å². The van der Waals surface area contributed by atoms with E-state index in [0.717, 1.165) is 18.2 Å². The van der Waals surface area contributed by atoms with Crippen LogP contribution in [0.1, 0.15) is 6.42 Å². The van der Waals surface area contributed by atoms with Crippen molar-refractivity contribution in [1.29, 1.82) is 0 Å². The molecule has 0 aliphatic heterocycles. The van der Waals surface area contributed by atoms with Crippen molar-refractivity contribution in [3.63, 3.8) is 0 Å². The highest BCUT2D eigenvalue weighted by atomic mass is 35.5. The van der Waals surface area contributed by atoms with Gasteiger partial charge in [0, 0.05) is 16.8 Å². The van der Waals surface area contributed by atoms with Crippen molar-refractivity contribution in [1.82, 2.24) is 0 Å². The fraction of sp³-hybridized carbons (Fsp3) is 0.333. The second kappa shape index (κ2) is 5.45. The summed E-state index contributed by atoms with van der Waals surface area (Å²) in [7, 11) is 0. The Labute approximate surface area is 85.3 Å². The lowest BCUT2D eigenvalue weighted by Gasteiger charge is -2.01. The van der Waals surface area contributed by atoms with Gasteiger partial charge in [-0.1, -0.05) is 0 Å². The molecule has 0 amide bonds. The van der Waals surface area contributed by atoms with Crippen LogP contribution in [0.25, 0.3) is 0 Å². The summed E-state index contributed by atoms with van der Waals surface area (Å²) < 4.78 is 25.4. The second-order valence-corrected chi connectivity index (χ2v) is 3.98. The van der Waals surface area contributed by atoms with Crippen LogP contribution in [-0.2, 0) is 0 Å². The maximum absolute atomic E-state index is 13.0. The van der Waals surface area contributed by atoms with Crippen LogP contribution in [-0.4, -0.2) is 11.6 Å². The zero-order valence-corrected chi connectivity index (χ0v) is 8.47. The molecule has 0 fully saturated rings. The van der Waals surface area contributed by atoms with Crippen molar-refractivity contribution >= 4 is 23.4 Å². The highest BCUT2D eigenvalue weighted by Gasteiger charge is 2.03. The molecule has 0 radical (unpaired) electrons. The third-order valence-electron chi connectivity index (χ3n) is 1.43. The zero-order chi connectivity index (χ0) is 9.68. The van der Waals surface area contributed by atoms with Gasteiger partial charge in [0.25, 0.3) is 0 Å². The standard InChI is InChI=1S/C9H9ClF2S/c10-4-1-5-13-9-3-2-7(11)6-8(9)12/h2-3,6H,1,4-5H2. The predicted octanol–water partition coefficient (Wildman–Crippen LogP) is 3.69. The van der Waals surface area contributed by atoms with Gasteiger partial charge in [0.1, 0.15) is 11.6 Å². The van der Waals surface area contributed by atoms with Crippen LogP contribution in [0.4, 0.5) is 8.78 Å². The summed E-state index contributed by atoms with van der Waals surface area (Å²) in [6.45, 7) is 0. The van der Waals surface area contributed by atoms with Crippen LogP contribution in [0, 0.1) is 11.6 Å². The van der Waals surface area contributed by atoms with Crippen LogP contribution in [0.2, 0.25) is 0 Å². The van der Waals surface area contributed by atoms with E-state index >= 15 is 0 Å². The van der Waals surface area contributed by atoms with Gasteiger partial charge < -0.3 is 0 Å². The monoisotopic (exact) mass is 222 g/mol. The molecule has 1 rings (SSSR count). The van der Waals surface area contributed by atoms with Crippen LogP contribution >= 0.6 is 23.4 Å². The van der Waals surface area contributed by atoms with E-state index in [2.05, 4.69) is 0 Å². The molecule has 0 aliphatic carbocycles. The van der Waals surface area contributed by atoms with Gasteiger partial charge >= 0.3 is 0 Å². The van der Waals surface area contributed by atoms with Crippen LogP contribution in [0.15, 0.2) is 23.1 Å². The topological polar surface area (TPSA) is 0 Å². The summed E-state index contributed by atoms with van der Waals surface area (Å²) in [4.78, 5) is 0.478. The lowest BCUT2D eigenvalue weighted by Crippen LogP contribution is -1.86. The molecule has 0 saturated heterocycles. The Bertz CT molecular complexity index is 278. The van der Waals surface area contributed by atoms with Gasteiger partial charge in [-0.2, -0.15) is 0 Å². The first-order valence-corrected chi connectivity index (χ1v) is 5.40. The maximum atomic E-state index is 13.0. The molecule has 4 heteroatoms. The summed E-state index contributed by atoms with van der Waals surface area (Å²) in [5.41, 5.74) is 0. The summed E-state index contributed by atoms with van der Waals surface area (Å²) in [6, 6.07) is 3.60. The third kappa shape index (κ3) is 3.53. The molecular formula is C9H9ClF2S. The third-order valence-corrected chi connectivity index (χ3v) is 2.83. The normalized spacial score (nSPS) is 10.4. The number of thioether (sulfide) groups is 1. The smallest absolute Gasteiger partial charge is 0.139 e. The SMILES string of the molecule is Fc1ccc(SCCCCl)c(F)c1. The van der Waals surface area contributed by atoms with Crippen molar-refractivity contribution in [2.75, 3.05) is 11.6 Å². The average Bonchev–Trinajstić information content (AvgIpc) is 2.09. The van der Waals surface area contributed by atoms with Gasteiger partial charge in [0.05, 0.1) is 0 Å². The first-order chi connectivity index (χ1) is 6.24. The number of hydrogen-bond donors (Lipinski definition) is 0. The summed E-state index contributed by atoms with van der Waals surface area (Å²) in [6.07, 6.45) is 0.822. The first-order valence-electron chi connectivity index (χ1n) is 3.88. The number of alkyl halides is 1. The molecule has 0 aromatic heterocycles. The molecule has 72 valence electrons. The molecule has 0 aliphatic rings. The molecular weight excluding hydrogens is 214 g/mol. The minimum atomic E-state index is -0.542. The van der Waals surface area contributed by atoms with E-state index in [1.807, 2.05) is 0 Å². The predicted molar refractivity (Wildman–Crippen MR) is 52.4 cm³/mol. The van der Waals surface area contributed by atoms with Crippen molar-refractivity contribution in [2.24, 2.45) is 0 Å². The fourth-order valence-corrected chi connectivity index (χ4v) is 1.99. The van der Waals surface area contributed by atoms with Crippen molar-refractivity contribution in [3.8, 4) is 0 Å². The van der Waals surface area contributed by atoms with E-state index < -0.39 is 11.6 Å². The molecule has 1 aromatic rings. The molecule has 0 spiro atoms.